The molecular weight excluding hydrogens is 420 g/mol. The molecule has 0 aromatic heterocycles. The number of urea groups is 1. The number of hydrogen-bond acceptors (Lipinski definition) is 5. The molecule has 3 aromatic carbocycles. The molecule has 1 aliphatic heterocycles. The fraction of sp³-hybridized carbons (Fsp3) is 0.115. The molecule has 1 N–H and O–H groups in total. The molecule has 4 rings (SSSR count). The molecule has 0 aliphatic carbocycles. The number of anilines is 1. The van der Waals surface area contributed by atoms with Gasteiger partial charge in [-0.25, -0.2) is 9.69 Å². The highest BCUT2D eigenvalue weighted by molar-refractivity contribution is 6.39. The third-order valence-corrected chi connectivity index (χ3v) is 4.93. The number of ether oxygens (including phenoxy) is 2. The third-order valence-electron chi connectivity index (χ3n) is 4.93. The Hall–Kier alpha value is -4.39. The van der Waals surface area contributed by atoms with Crippen molar-refractivity contribution in [3.05, 3.63) is 95.6 Å². The first-order valence-corrected chi connectivity index (χ1v) is 10.4. The summed E-state index contributed by atoms with van der Waals surface area (Å²) in [6.45, 7) is 2.59. The number of nitrogens with zero attached hydrogens (tertiary/aromatic N) is 1. The molecule has 1 aliphatic rings. The number of carbonyl (C=O) groups is 3. The van der Waals surface area contributed by atoms with E-state index in [1.165, 1.54) is 6.08 Å². The van der Waals surface area contributed by atoms with Crippen molar-refractivity contribution >= 4 is 29.6 Å². The summed E-state index contributed by atoms with van der Waals surface area (Å²) >= 11 is 0. The van der Waals surface area contributed by atoms with Crippen molar-refractivity contribution in [2.45, 2.75) is 6.92 Å². The van der Waals surface area contributed by atoms with E-state index in [9.17, 15) is 14.4 Å². The van der Waals surface area contributed by atoms with Gasteiger partial charge in [0.2, 0.25) is 0 Å². The lowest BCUT2D eigenvalue weighted by molar-refractivity contribution is -0.122. The maximum Gasteiger partial charge on any atom is 0.335 e. The van der Waals surface area contributed by atoms with Gasteiger partial charge in [-0.05, 0) is 55.0 Å². The summed E-state index contributed by atoms with van der Waals surface area (Å²) in [5, 5.41) is 2.23. The van der Waals surface area contributed by atoms with Gasteiger partial charge in [-0.3, -0.25) is 14.9 Å². The fourth-order valence-corrected chi connectivity index (χ4v) is 3.28. The number of nitrogens with one attached hydrogen (secondary N) is 1. The van der Waals surface area contributed by atoms with Crippen LogP contribution in [-0.2, 0) is 9.59 Å². The van der Waals surface area contributed by atoms with Crippen molar-refractivity contribution in [2.75, 3.05) is 18.1 Å². The lowest BCUT2D eigenvalue weighted by Crippen LogP contribution is -2.54. The van der Waals surface area contributed by atoms with Gasteiger partial charge in [-0.15, -0.1) is 0 Å². The molecule has 0 bridgehead atoms. The van der Waals surface area contributed by atoms with E-state index in [4.69, 9.17) is 9.47 Å². The van der Waals surface area contributed by atoms with Gasteiger partial charge < -0.3 is 9.47 Å². The van der Waals surface area contributed by atoms with Gasteiger partial charge in [0, 0.05) is 0 Å². The van der Waals surface area contributed by atoms with Crippen molar-refractivity contribution < 1.29 is 23.9 Å². The molecule has 166 valence electrons. The quantitative estimate of drug-likeness (QED) is 0.338. The van der Waals surface area contributed by atoms with E-state index in [1.54, 1.807) is 48.5 Å². The van der Waals surface area contributed by atoms with E-state index >= 15 is 0 Å². The molecule has 33 heavy (non-hydrogen) atoms. The van der Waals surface area contributed by atoms with Crippen LogP contribution in [0, 0.1) is 6.92 Å². The van der Waals surface area contributed by atoms with Crippen LogP contribution in [0.3, 0.4) is 0 Å². The number of hydrogen-bond donors (Lipinski definition) is 1. The first kappa shape index (κ1) is 21.8. The van der Waals surface area contributed by atoms with Crippen molar-refractivity contribution in [1.82, 2.24) is 5.32 Å². The van der Waals surface area contributed by atoms with Crippen LogP contribution in [0.25, 0.3) is 6.08 Å². The smallest absolute Gasteiger partial charge is 0.335 e. The van der Waals surface area contributed by atoms with E-state index < -0.39 is 17.8 Å². The Labute approximate surface area is 191 Å². The Balaban J connectivity index is 1.46. The minimum Gasteiger partial charge on any atom is -0.490 e. The zero-order valence-electron chi connectivity index (χ0n) is 18.0. The van der Waals surface area contributed by atoms with Crippen LogP contribution >= 0.6 is 0 Å². The summed E-state index contributed by atoms with van der Waals surface area (Å²) < 4.78 is 11.3. The summed E-state index contributed by atoms with van der Waals surface area (Å²) in [5.74, 6) is -0.101. The average molecular weight is 442 g/mol. The maximum absolute atomic E-state index is 13.0. The minimum absolute atomic E-state index is 0.139. The van der Waals surface area contributed by atoms with Gasteiger partial charge in [0.25, 0.3) is 11.8 Å². The minimum atomic E-state index is -0.776. The normalized spacial score (nSPS) is 14.9. The topological polar surface area (TPSA) is 84.9 Å². The summed E-state index contributed by atoms with van der Waals surface area (Å²) in [6, 6.07) is 22.5. The second-order valence-corrected chi connectivity index (χ2v) is 7.38. The molecule has 7 heteroatoms. The Kier molecular flexibility index (Phi) is 6.50. The highest BCUT2D eigenvalue weighted by Crippen LogP contribution is 2.23. The van der Waals surface area contributed by atoms with Crippen LogP contribution in [0.2, 0.25) is 0 Å². The zero-order chi connectivity index (χ0) is 23.2. The van der Waals surface area contributed by atoms with Gasteiger partial charge in [0.05, 0.1) is 5.69 Å². The molecule has 3 aromatic rings. The number of aryl methyl sites for hydroxylation is 1. The fourth-order valence-electron chi connectivity index (χ4n) is 3.28. The van der Waals surface area contributed by atoms with E-state index in [1.807, 2.05) is 37.3 Å². The molecule has 0 radical (unpaired) electrons. The summed E-state index contributed by atoms with van der Waals surface area (Å²) in [7, 11) is 0. The lowest BCUT2D eigenvalue weighted by atomic mass is 10.1. The van der Waals surface area contributed by atoms with Crippen molar-refractivity contribution in [2.24, 2.45) is 0 Å². The summed E-state index contributed by atoms with van der Waals surface area (Å²) in [6.07, 6.45) is 1.44. The predicted octanol–water partition coefficient (Wildman–Crippen LogP) is 4.12. The van der Waals surface area contributed by atoms with E-state index in [0.717, 1.165) is 16.2 Å². The Morgan fingerprint density at radius 2 is 1.48 bits per heavy atom. The SMILES string of the molecule is Cc1ccc(N2C(=O)NC(=O)C(=Cc3cccc(OCCOc4ccccc4)c3)C2=O)cc1. The van der Waals surface area contributed by atoms with Gasteiger partial charge in [0.15, 0.2) is 0 Å². The molecular formula is C26H22N2O5. The van der Waals surface area contributed by atoms with E-state index in [0.29, 0.717) is 30.2 Å². The van der Waals surface area contributed by atoms with Gasteiger partial charge in [-0.2, -0.15) is 0 Å². The van der Waals surface area contributed by atoms with Crippen molar-refractivity contribution in [1.29, 1.82) is 0 Å². The van der Waals surface area contributed by atoms with Crippen LogP contribution in [0.1, 0.15) is 11.1 Å². The summed E-state index contributed by atoms with van der Waals surface area (Å²) in [5.41, 5.74) is 1.83. The standard InChI is InChI=1S/C26H22N2O5/c1-18-10-12-20(13-11-18)28-25(30)23(24(29)27-26(28)31)17-19-6-5-9-22(16-19)33-15-14-32-21-7-3-2-4-8-21/h2-13,16-17H,14-15H2,1H3,(H,27,29,31). The monoisotopic (exact) mass is 442 g/mol. The number of imide groups is 2. The second kappa shape index (κ2) is 9.82. The van der Waals surface area contributed by atoms with Crippen LogP contribution in [0.4, 0.5) is 10.5 Å². The van der Waals surface area contributed by atoms with Crippen LogP contribution < -0.4 is 19.7 Å². The predicted molar refractivity (Wildman–Crippen MR) is 124 cm³/mol. The van der Waals surface area contributed by atoms with Crippen molar-refractivity contribution in [3.8, 4) is 11.5 Å². The number of amides is 4. The molecule has 0 spiro atoms. The van der Waals surface area contributed by atoms with Crippen LogP contribution in [0.15, 0.2) is 84.4 Å². The molecule has 1 heterocycles. The number of para-hydroxylation sites is 1. The number of benzene rings is 3. The van der Waals surface area contributed by atoms with E-state index in [2.05, 4.69) is 5.32 Å². The van der Waals surface area contributed by atoms with Gasteiger partial charge in [0.1, 0.15) is 30.3 Å². The van der Waals surface area contributed by atoms with Crippen LogP contribution in [-0.4, -0.2) is 31.1 Å². The number of carbonyl (C=O) groups excluding carboxylic acids is 3. The molecule has 7 nitrogen and oxygen atoms in total. The third kappa shape index (κ3) is 5.27. The van der Waals surface area contributed by atoms with E-state index in [-0.39, 0.29) is 5.57 Å². The molecule has 1 fully saturated rings. The first-order valence-electron chi connectivity index (χ1n) is 10.4. The molecule has 0 saturated carbocycles. The molecule has 0 unspecified atom stereocenters. The number of barbiturate groups is 1. The summed E-state index contributed by atoms with van der Waals surface area (Å²) in [4.78, 5) is 38.6. The highest BCUT2D eigenvalue weighted by atomic mass is 16.5. The van der Waals surface area contributed by atoms with Crippen molar-refractivity contribution in [3.63, 3.8) is 0 Å². The molecule has 0 atom stereocenters. The molecule has 1 saturated heterocycles. The second-order valence-electron chi connectivity index (χ2n) is 7.38. The molecule has 4 amide bonds. The van der Waals surface area contributed by atoms with Crippen LogP contribution in [0.5, 0.6) is 11.5 Å². The average Bonchev–Trinajstić information content (AvgIpc) is 2.82. The Morgan fingerprint density at radius 3 is 2.21 bits per heavy atom. The van der Waals surface area contributed by atoms with Gasteiger partial charge in [-0.1, -0.05) is 48.0 Å². The Bertz CT molecular complexity index is 1200. The number of rotatable bonds is 7. The lowest BCUT2D eigenvalue weighted by Gasteiger charge is -2.26. The first-order chi connectivity index (χ1) is 16.0. The largest absolute Gasteiger partial charge is 0.490 e. The Morgan fingerprint density at radius 1 is 0.818 bits per heavy atom. The maximum atomic E-state index is 13.0. The zero-order valence-corrected chi connectivity index (χ0v) is 18.0. The van der Waals surface area contributed by atoms with Gasteiger partial charge >= 0.3 is 6.03 Å². The highest BCUT2D eigenvalue weighted by Gasteiger charge is 2.36.